The first-order valence-corrected chi connectivity index (χ1v) is 18.8. The first-order valence-electron chi connectivity index (χ1n) is 17.3. The Morgan fingerprint density at radius 2 is 1.83 bits per heavy atom. The molecule has 0 radical (unpaired) electrons. The van der Waals surface area contributed by atoms with Crippen LogP contribution in [0.2, 0.25) is 0 Å². The second-order valence-electron chi connectivity index (χ2n) is 14.6. The Bertz CT molecular complexity index is 1810. The van der Waals surface area contributed by atoms with Crippen molar-refractivity contribution in [3.8, 4) is 0 Å². The molecule has 2 aliphatic heterocycles. The molecule has 6 amide bonds. The summed E-state index contributed by atoms with van der Waals surface area (Å²) in [4.78, 5) is 82.1. The average molecular weight is 761 g/mol. The van der Waals surface area contributed by atoms with Gasteiger partial charge in [-0.15, -0.1) is 6.58 Å². The summed E-state index contributed by atoms with van der Waals surface area (Å²) in [6, 6.07) is 1.79. The van der Waals surface area contributed by atoms with Gasteiger partial charge in [-0.3, -0.25) is 28.8 Å². The number of fused-ring (bicyclic) bond motifs is 1. The molecule has 0 spiro atoms. The van der Waals surface area contributed by atoms with Crippen molar-refractivity contribution < 1.29 is 51.0 Å². The van der Waals surface area contributed by atoms with Crippen LogP contribution in [0.1, 0.15) is 64.0 Å². The number of likely N-dealkylation sites (tertiary alicyclic amines) is 1. The van der Waals surface area contributed by atoms with Gasteiger partial charge in [-0.1, -0.05) is 24.8 Å². The lowest BCUT2D eigenvalue weighted by atomic mass is 10.1. The number of rotatable bonds is 13. The molecule has 5 rings (SSSR count). The third-order valence-electron chi connectivity index (χ3n) is 9.46. The molecule has 2 aliphatic carbocycles. The predicted octanol–water partition coefficient (Wildman–Crippen LogP) is 1.50. The molecule has 2 heterocycles. The zero-order valence-electron chi connectivity index (χ0n) is 29.8. The topological polar surface area (TPSA) is 210 Å². The molecule has 4 N–H and O–H groups in total. The van der Waals surface area contributed by atoms with Gasteiger partial charge < -0.3 is 30.3 Å². The fraction of sp³-hybridized carbons (Fsp3) is 0.543. The molecular formula is C35H45FN6O10S. The van der Waals surface area contributed by atoms with Gasteiger partial charge in [0.25, 0.3) is 5.91 Å². The molecule has 5 atom stereocenters. The van der Waals surface area contributed by atoms with Gasteiger partial charge in [-0.2, -0.15) is 0 Å². The van der Waals surface area contributed by atoms with Crippen LogP contribution in [-0.2, 0) is 51.8 Å². The number of hydrogen-bond donors (Lipinski definition) is 4. The molecule has 53 heavy (non-hydrogen) atoms. The van der Waals surface area contributed by atoms with Gasteiger partial charge in [-0.25, -0.2) is 22.4 Å². The lowest BCUT2D eigenvalue weighted by Gasteiger charge is -2.30. The van der Waals surface area contributed by atoms with Crippen LogP contribution in [0.25, 0.3) is 0 Å². The van der Waals surface area contributed by atoms with Gasteiger partial charge in [0, 0.05) is 31.0 Å². The Morgan fingerprint density at radius 1 is 1.11 bits per heavy atom. The van der Waals surface area contributed by atoms with E-state index in [0.29, 0.717) is 24.0 Å². The average Bonchev–Trinajstić information content (AvgIpc) is 3.97. The number of carbonyl (C=O) groups is 6. The summed E-state index contributed by atoms with van der Waals surface area (Å²) < 4.78 is 52.8. The van der Waals surface area contributed by atoms with Gasteiger partial charge in [0.1, 0.15) is 35.1 Å². The Balaban J connectivity index is 1.38. The smallest absolute Gasteiger partial charge is 0.410 e. The highest BCUT2D eigenvalue weighted by Crippen LogP contribution is 2.45. The Labute approximate surface area is 306 Å². The number of halogens is 1. The zero-order chi connectivity index (χ0) is 38.9. The van der Waals surface area contributed by atoms with Gasteiger partial charge in [-0.05, 0) is 64.2 Å². The van der Waals surface area contributed by atoms with Crippen molar-refractivity contribution in [1.82, 2.24) is 30.5 Å². The van der Waals surface area contributed by atoms with Crippen molar-refractivity contribution in [1.29, 1.82) is 0 Å². The van der Waals surface area contributed by atoms with E-state index in [0.717, 1.165) is 11.0 Å². The van der Waals surface area contributed by atoms with E-state index in [4.69, 9.17) is 9.47 Å². The van der Waals surface area contributed by atoms with Crippen LogP contribution in [0.5, 0.6) is 0 Å². The zero-order valence-corrected chi connectivity index (χ0v) is 30.6. The molecule has 288 valence electrons. The summed E-state index contributed by atoms with van der Waals surface area (Å²) in [5.41, 5.74) is -1.65. The highest BCUT2D eigenvalue weighted by molar-refractivity contribution is 7.91. The lowest BCUT2D eigenvalue weighted by molar-refractivity contribution is -0.141. The lowest BCUT2D eigenvalue weighted by Crippen LogP contribution is -2.58. The molecule has 4 aliphatic rings. The number of carbonyl (C=O) groups excluding carboxylic acids is 6. The van der Waals surface area contributed by atoms with Crippen LogP contribution in [0, 0.1) is 11.7 Å². The maximum Gasteiger partial charge on any atom is 0.410 e. The standard InChI is InChI=1S/C35H45FN6O10S/c1-6-21-16-35(21,31(46)40-53(49,50)23-11-12-23)39-29(44)27-15-22(51-33(48)41-17-20-9-8-10-25(36)24(20)19-41)18-42(27)30(45)26(13-14-37-28(43)7-2)38-32(47)52-34(3,4)5/h6-10,21-23,26-27H,1-2,11-19H2,3-5H3,(H,37,43)(H,38,47)(H,39,44)(H,40,46)/t21-,22-,26+,27?,35-/m1/s1. The summed E-state index contributed by atoms with van der Waals surface area (Å²) in [5.74, 6) is -4.19. The third-order valence-corrected chi connectivity index (χ3v) is 11.3. The molecule has 18 heteroatoms. The van der Waals surface area contributed by atoms with E-state index < -0.39 is 92.2 Å². The summed E-state index contributed by atoms with van der Waals surface area (Å²) in [6.07, 6.45) is 0.0940. The predicted molar refractivity (Wildman–Crippen MR) is 186 cm³/mol. The SMILES string of the molecule is C=CC(=O)NCC[C@H](NC(=O)OC(C)(C)C)C(=O)N1C[C@H](OC(=O)N2Cc3cccc(F)c3C2)CC1C(=O)N[C@]1(C(=O)NS(=O)(=O)C2CC2)C[C@H]1C=C. The number of alkyl carbamates (subject to hydrolysis) is 1. The minimum absolute atomic E-state index is 0.0469. The van der Waals surface area contributed by atoms with Gasteiger partial charge >= 0.3 is 12.2 Å². The number of amides is 6. The van der Waals surface area contributed by atoms with E-state index in [1.54, 1.807) is 26.8 Å². The van der Waals surface area contributed by atoms with E-state index in [1.807, 2.05) is 0 Å². The summed E-state index contributed by atoms with van der Waals surface area (Å²) in [6.45, 7) is 11.6. The van der Waals surface area contributed by atoms with Crippen LogP contribution in [0.4, 0.5) is 14.0 Å². The number of sulfonamides is 1. The molecule has 1 aromatic rings. The molecule has 3 fully saturated rings. The Hall–Kier alpha value is -5.00. The summed E-state index contributed by atoms with van der Waals surface area (Å²) in [5, 5.41) is 6.97. The molecule has 0 bridgehead atoms. The third kappa shape index (κ3) is 9.15. The van der Waals surface area contributed by atoms with Crippen LogP contribution in [0.15, 0.2) is 43.5 Å². The number of benzene rings is 1. The minimum Gasteiger partial charge on any atom is -0.444 e. The van der Waals surface area contributed by atoms with Crippen molar-refractivity contribution >= 4 is 45.8 Å². The fourth-order valence-corrected chi connectivity index (χ4v) is 7.80. The van der Waals surface area contributed by atoms with Gasteiger partial charge in [0.15, 0.2) is 0 Å². The van der Waals surface area contributed by atoms with Gasteiger partial charge in [0.05, 0.1) is 18.3 Å². The van der Waals surface area contributed by atoms with E-state index in [2.05, 4.69) is 33.8 Å². The fourth-order valence-electron chi connectivity index (χ4n) is 6.44. The molecule has 2 saturated carbocycles. The summed E-state index contributed by atoms with van der Waals surface area (Å²) >= 11 is 0. The minimum atomic E-state index is -3.97. The summed E-state index contributed by atoms with van der Waals surface area (Å²) in [7, 11) is -3.97. The highest BCUT2D eigenvalue weighted by Gasteiger charge is 2.62. The first-order chi connectivity index (χ1) is 24.9. The monoisotopic (exact) mass is 760 g/mol. The quantitative estimate of drug-likeness (QED) is 0.168. The highest BCUT2D eigenvalue weighted by atomic mass is 32.2. The van der Waals surface area contributed by atoms with E-state index in [9.17, 15) is 41.6 Å². The van der Waals surface area contributed by atoms with Crippen molar-refractivity contribution in [2.75, 3.05) is 13.1 Å². The van der Waals surface area contributed by atoms with Crippen molar-refractivity contribution in [3.63, 3.8) is 0 Å². The first kappa shape index (κ1) is 39.2. The Kier molecular flexibility index (Phi) is 11.2. The second kappa shape index (κ2) is 15.2. The number of nitrogens with one attached hydrogen (secondary N) is 4. The van der Waals surface area contributed by atoms with Gasteiger partial charge in [0.2, 0.25) is 27.7 Å². The number of ether oxygens (including phenoxy) is 2. The molecular weight excluding hydrogens is 715 g/mol. The maximum atomic E-state index is 14.4. The van der Waals surface area contributed by atoms with E-state index in [1.165, 1.54) is 23.1 Å². The molecule has 0 aromatic heterocycles. The van der Waals surface area contributed by atoms with Crippen LogP contribution >= 0.6 is 0 Å². The molecule has 1 saturated heterocycles. The van der Waals surface area contributed by atoms with Crippen molar-refractivity contribution in [3.05, 3.63) is 60.5 Å². The largest absolute Gasteiger partial charge is 0.444 e. The van der Waals surface area contributed by atoms with Crippen molar-refractivity contribution in [2.45, 2.75) is 101 Å². The molecule has 1 aromatic carbocycles. The molecule has 16 nitrogen and oxygen atoms in total. The number of nitrogens with zero attached hydrogens (tertiary/aromatic N) is 2. The van der Waals surface area contributed by atoms with E-state index in [-0.39, 0.29) is 45.4 Å². The van der Waals surface area contributed by atoms with E-state index >= 15 is 0 Å². The van der Waals surface area contributed by atoms with Crippen LogP contribution < -0.4 is 20.7 Å². The van der Waals surface area contributed by atoms with Crippen LogP contribution in [0.3, 0.4) is 0 Å². The Morgan fingerprint density at radius 3 is 2.43 bits per heavy atom. The molecule has 1 unspecified atom stereocenters. The normalized spacial score (nSPS) is 23.9. The van der Waals surface area contributed by atoms with Crippen LogP contribution in [-0.4, -0.2) is 102 Å². The maximum absolute atomic E-state index is 14.4. The second-order valence-corrected chi connectivity index (χ2v) is 16.6. The van der Waals surface area contributed by atoms with Crippen molar-refractivity contribution in [2.24, 2.45) is 5.92 Å². The number of hydrogen-bond acceptors (Lipinski definition) is 10.